The molecule has 0 bridgehead atoms. The lowest BCUT2D eigenvalue weighted by atomic mass is 10.0. The van der Waals surface area contributed by atoms with Gasteiger partial charge in [0.05, 0.1) is 0 Å². The van der Waals surface area contributed by atoms with Crippen LogP contribution in [0.2, 0.25) is 0 Å². The zero-order valence-corrected chi connectivity index (χ0v) is 20.0. The summed E-state index contributed by atoms with van der Waals surface area (Å²) in [4.78, 5) is 4.77. The van der Waals surface area contributed by atoms with Crippen molar-refractivity contribution >= 4 is 17.8 Å². The Morgan fingerprint density at radius 3 is 2.77 bits per heavy atom. The number of aliphatic imine (C=N–C) groups is 1. The summed E-state index contributed by atoms with van der Waals surface area (Å²) in [6.07, 6.45) is 16.5. The summed E-state index contributed by atoms with van der Waals surface area (Å²) >= 11 is 1.90. The molecule has 1 saturated heterocycles. The third-order valence-corrected chi connectivity index (χ3v) is 7.14. The third-order valence-electron chi connectivity index (χ3n) is 5.95. The van der Waals surface area contributed by atoms with Gasteiger partial charge in [0, 0.05) is 49.7 Å². The van der Waals surface area contributed by atoms with Crippen LogP contribution in [0.3, 0.4) is 0 Å². The van der Waals surface area contributed by atoms with Crippen LogP contribution in [0.5, 0.6) is 0 Å². The molecule has 164 valence electrons. The van der Waals surface area contributed by atoms with E-state index >= 15 is 0 Å². The summed E-state index contributed by atoms with van der Waals surface area (Å²) < 4.78 is 4.93. The first-order valence-corrected chi connectivity index (χ1v) is 12.6. The van der Waals surface area contributed by atoms with E-state index in [0.717, 1.165) is 32.5 Å². The Kier molecular flexibility index (Phi) is 9.54. The second-order valence-corrected chi connectivity index (χ2v) is 9.43. The molecule has 1 aromatic rings. The van der Waals surface area contributed by atoms with E-state index in [1.165, 1.54) is 73.2 Å². The van der Waals surface area contributed by atoms with Crippen LogP contribution >= 0.6 is 12.1 Å². The second-order valence-electron chi connectivity index (χ2n) is 8.31. The molecule has 0 unspecified atom stereocenters. The number of nitrogens with zero attached hydrogens (tertiary/aromatic N) is 3. The SMILES string of the molecule is C/C=C\C(=C/C)N1CCN(CCCCCCc2ccc3c(c2)CC/C3=N\CCC)S1. The van der Waals surface area contributed by atoms with E-state index in [4.69, 9.17) is 4.99 Å². The van der Waals surface area contributed by atoms with Crippen LogP contribution in [0.4, 0.5) is 0 Å². The average Bonchev–Trinajstić information content (AvgIpc) is 3.39. The molecule has 1 aromatic carbocycles. The zero-order valence-electron chi connectivity index (χ0n) is 19.2. The number of rotatable bonds is 11. The molecule has 3 rings (SSSR count). The molecule has 0 atom stereocenters. The predicted octanol–water partition coefficient (Wildman–Crippen LogP) is 6.60. The fourth-order valence-electron chi connectivity index (χ4n) is 4.31. The van der Waals surface area contributed by atoms with Gasteiger partial charge in [0.2, 0.25) is 0 Å². The number of benzene rings is 1. The second kappa shape index (κ2) is 12.4. The normalized spacial score (nSPS) is 18.8. The number of hydrogen-bond acceptors (Lipinski definition) is 4. The van der Waals surface area contributed by atoms with Crippen molar-refractivity contribution in [2.75, 3.05) is 26.2 Å². The lowest BCUT2D eigenvalue weighted by molar-refractivity contribution is 0.464. The Morgan fingerprint density at radius 2 is 1.97 bits per heavy atom. The van der Waals surface area contributed by atoms with Gasteiger partial charge in [-0.15, -0.1) is 0 Å². The Balaban J connectivity index is 1.32. The first-order valence-electron chi connectivity index (χ1n) is 11.9. The average molecular weight is 426 g/mol. The number of unbranched alkanes of at least 4 members (excludes halogenated alkanes) is 3. The molecule has 1 aliphatic carbocycles. The van der Waals surface area contributed by atoms with Crippen LogP contribution < -0.4 is 0 Å². The standard InChI is InChI=1S/C26H39N3S/c1-4-11-24(6-3)29-20-19-28(30-29)18-10-8-7-9-12-22-13-15-25-23(21-22)14-16-26(25)27-17-5-2/h4,6,11,13,15,21H,5,7-10,12,14,16-20H2,1-3H3/b11-4-,24-6+,27-26+. The summed E-state index contributed by atoms with van der Waals surface area (Å²) in [6.45, 7) is 10.9. The first kappa shape index (κ1) is 23.1. The highest BCUT2D eigenvalue weighted by molar-refractivity contribution is 7.95. The van der Waals surface area contributed by atoms with E-state index < -0.39 is 0 Å². The lowest BCUT2D eigenvalue weighted by Gasteiger charge is -2.18. The molecule has 0 saturated carbocycles. The molecule has 4 heteroatoms. The number of hydrogen-bond donors (Lipinski definition) is 0. The molecule has 2 aliphatic rings. The Hall–Kier alpha value is -1.52. The maximum absolute atomic E-state index is 4.77. The molecule has 0 aromatic heterocycles. The minimum Gasteiger partial charge on any atom is -0.302 e. The maximum atomic E-state index is 4.77. The smallest absolute Gasteiger partial charge is 0.0445 e. The van der Waals surface area contributed by atoms with Crippen molar-refractivity contribution in [3.63, 3.8) is 0 Å². The van der Waals surface area contributed by atoms with E-state index in [2.05, 4.69) is 65.8 Å². The number of aryl methyl sites for hydroxylation is 2. The lowest BCUT2D eigenvalue weighted by Crippen LogP contribution is -2.13. The number of allylic oxidation sites excluding steroid dienone is 3. The first-order chi connectivity index (χ1) is 14.7. The van der Waals surface area contributed by atoms with E-state index in [0.29, 0.717) is 0 Å². The monoisotopic (exact) mass is 425 g/mol. The Labute approximate surface area is 188 Å². The van der Waals surface area contributed by atoms with Crippen molar-refractivity contribution in [3.8, 4) is 0 Å². The van der Waals surface area contributed by atoms with Gasteiger partial charge in [0.25, 0.3) is 0 Å². The van der Waals surface area contributed by atoms with Gasteiger partial charge in [-0.05, 0) is 75.1 Å². The molecular formula is C26H39N3S. The zero-order chi connectivity index (χ0) is 21.2. The molecule has 0 N–H and O–H groups in total. The van der Waals surface area contributed by atoms with E-state index in [9.17, 15) is 0 Å². The summed E-state index contributed by atoms with van der Waals surface area (Å²) in [5.41, 5.74) is 7.11. The van der Waals surface area contributed by atoms with Crippen molar-refractivity contribution < 1.29 is 0 Å². The fourth-order valence-corrected chi connectivity index (χ4v) is 5.38. The van der Waals surface area contributed by atoms with Crippen LogP contribution in [-0.2, 0) is 12.8 Å². The molecule has 1 heterocycles. The van der Waals surface area contributed by atoms with E-state index in [-0.39, 0.29) is 0 Å². The van der Waals surface area contributed by atoms with Crippen molar-refractivity contribution in [3.05, 3.63) is 58.8 Å². The Bertz CT molecular complexity index is 766. The van der Waals surface area contributed by atoms with Crippen LogP contribution in [0.25, 0.3) is 0 Å². The minimum atomic E-state index is 0.969. The van der Waals surface area contributed by atoms with Crippen LogP contribution in [0.15, 0.2) is 47.1 Å². The van der Waals surface area contributed by atoms with E-state index in [1.54, 1.807) is 0 Å². The summed E-state index contributed by atoms with van der Waals surface area (Å²) in [5, 5.41) is 0. The summed E-state index contributed by atoms with van der Waals surface area (Å²) in [7, 11) is 0. The Morgan fingerprint density at radius 1 is 1.10 bits per heavy atom. The van der Waals surface area contributed by atoms with Crippen molar-refractivity contribution in [2.45, 2.75) is 72.1 Å². The van der Waals surface area contributed by atoms with Crippen molar-refractivity contribution in [1.29, 1.82) is 0 Å². The number of fused-ring (bicyclic) bond motifs is 1. The van der Waals surface area contributed by atoms with Gasteiger partial charge >= 0.3 is 0 Å². The van der Waals surface area contributed by atoms with Gasteiger partial charge < -0.3 is 4.31 Å². The summed E-state index contributed by atoms with van der Waals surface area (Å²) in [6, 6.07) is 7.11. The van der Waals surface area contributed by atoms with Gasteiger partial charge in [-0.25, -0.2) is 4.31 Å². The van der Waals surface area contributed by atoms with Crippen LogP contribution in [0.1, 0.15) is 76.0 Å². The quantitative estimate of drug-likeness (QED) is 0.226. The molecule has 3 nitrogen and oxygen atoms in total. The molecule has 1 fully saturated rings. The molecule has 1 aliphatic heterocycles. The third kappa shape index (κ3) is 6.49. The van der Waals surface area contributed by atoms with Gasteiger partial charge in [-0.2, -0.15) is 0 Å². The fraction of sp³-hybridized carbons (Fsp3) is 0.577. The molecule has 0 radical (unpaired) electrons. The van der Waals surface area contributed by atoms with Gasteiger partial charge in [0.1, 0.15) is 0 Å². The topological polar surface area (TPSA) is 18.8 Å². The van der Waals surface area contributed by atoms with Gasteiger partial charge in [0.15, 0.2) is 0 Å². The largest absolute Gasteiger partial charge is 0.302 e. The minimum absolute atomic E-state index is 0.969. The van der Waals surface area contributed by atoms with Gasteiger partial charge in [-0.3, -0.25) is 4.99 Å². The molecule has 0 spiro atoms. The van der Waals surface area contributed by atoms with E-state index in [1.807, 2.05) is 12.1 Å². The van der Waals surface area contributed by atoms with Crippen molar-refractivity contribution in [2.24, 2.45) is 4.99 Å². The molecule has 30 heavy (non-hydrogen) atoms. The maximum Gasteiger partial charge on any atom is 0.0445 e. The molecule has 0 amide bonds. The van der Waals surface area contributed by atoms with Gasteiger partial charge in [-0.1, -0.05) is 50.1 Å². The van der Waals surface area contributed by atoms with Crippen LogP contribution in [0, 0.1) is 0 Å². The van der Waals surface area contributed by atoms with Crippen molar-refractivity contribution in [1.82, 2.24) is 8.61 Å². The highest BCUT2D eigenvalue weighted by atomic mass is 32.2. The highest BCUT2D eigenvalue weighted by Gasteiger charge is 2.21. The van der Waals surface area contributed by atoms with Crippen LogP contribution in [-0.4, -0.2) is 40.5 Å². The predicted molar refractivity (Wildman–Crippen MR) is 133 cm³/mol. The highest BCUT2D eigenvalue weighted by Crippen LogP contribution is 2.29. The summed E-state index contributed by atoms with van der Waals surface area (Å²) in [5.74, 6) is 0. The molecular weight excluding hydrogens is 386 g/mol.